The summed E-state index contributed by atoms with van der Waals surface area (Å²) >= 11 is 0. The molecule has 5 atom stereocenters. The first-order valence-corrected chi connectivity index (χ1v) is 11.8. The van der Waals surface area contributed by atoms with Crippen LogP contribution in [0.15, 0.2) is 59.8 Å². The van der Waals surface area contributed by atoms with Gasteiger partial charge in [-0.15, -0.1) is 0 Å². The van der Waals surface area contributed by atoms with Crippen LogP contribution >= 0.6 is 0 Å². The first kappa shape index (κ1) is 22.3. The fraction of sp³-hybridized carbons (Fsp3) is 0.593. The van der Waals surface area contributed by atoms with E-state index in [1.807, 2.05) is 0 Å². The van der Waals surface area contributed by atoms with Gasteiger partial charge in [0.25, 0.3) is 0 Å². The maximum absolute atomic E-state index is 14.1. The lowest BCUT2D eigenvalue weighted by Crippen LogP contribution is -2.58. The number of amides is 1. The summed E-state index contributed by atoms with van der Waals surface area (Å²) in [5, 5.41) is 3.57. The molecule has 2 saturated heterocycles. The minimum Gasteiger partial charge on any atom is -0.377 e. The Morgan fingerprint density at radius 1 is 1.19 bits per heavy atom. The van der Waals surface area contributed by atoms with E-state index < -0.39 is 0 Å². The van der Waals surface area contributed by atoms with Gasteiger partial charge in [-0.05, 0) is 44.7 Å². The number of nitrogens with one attached hydrogen (secondary N) is 1. The fourth-order valence-corrected chi connectivity index (χ4v) is 6.09. The molecular weight excluding hydrogens is 384 g/mol. The summed E-state index contributed by atoms with van der Waals surface area (Å²) in [4.78, 5) is 16.2. The van der Waals surface area contributed by atoms with Gasteiger partial charge in [-0.2, -0.15) is 0 Å². The maximum atomic E-state index is 14.1. The maximum Gasteiger partial charge on any atom is 0.227 e. The number of carbonyl (C=O) groups is 1. The molecule has 1 N–H and O–H groups in total. The minimum absolute atomic E-state index is 0.00290. The van der Waals surface area contributed by atoms with Gasteiger partial charge in [0.05, 0.1) is 25.2 Å². The van der Waals surface area contributed by atoms with Crippen LogP contribution in [0.25, 0.3) is 0 Å². The molecule has 2 fully saturated rings. The molecule has 0 radical (unpaired) electrons. The zero-order valence-corrected chi connectivity index (χ0v) is 19.6. The molecule has 4 heteroatoms. The van der Waals surface area contributed by atoms with Gasteiger partial charge in [0.15, 0.2) is 0 Å². The van der Waals surface area contributed by atoms with E-state index in [2.05, 4.69) is 86.5 Å². The molecule has 0 saturated carbocycles. The standard InChI is InChI=1S/C27H38N2O2/c1-5-20(2)22-11-7-10-14-27(22,4)23-18-28-17-21(23)25(30)29-15-16-31-19-24(29)26(3)12-8-6-9-13-26/h5-12,21,23-24,28H,13-19H2,1-4H3/b20-5-/t21-,23-,24-,26?,27?/m1/s1. The van der Waals surface area contributed by atoms with E-state index in [0.717, 1.165) is 25.9 Å². The SMILES string of the molecule is C/C=C(/C)C1=CC=CCC1(C)[C@@H]1CNC[C@H]1C(=O)N1CCOC[C@@H]1C1(C)C=CC=CC1. The van der Waals surface area contributed by atoms with Gasteiger partial charge in [-0.3, -0.25) is 4.79 Å². The summed E-state index contributed by atoms with van der Waals surface area (Å²) in [6.07, 6.45) is 19.5. The third-order valence-electron chi connectivity index (χ3n) is 8.22. The summed E-state index contributed by atoms with van der Waals surface area (Å²) in [6, 6.07) is 0.0857. The zero-order chi connectivity index (χ0) is 22.1. The predicted molar refractivity (Wildman–Crippen MR) is 127 cm³/mol. The Bertz CT molecular complexity index is 851. The van der Waals surface area contributed by atoms with Crippen molar-refractivity contribution in [2.45, 2.75) is 46.6 Å². The third kappa shape index (κ3) is 4.01. The Morgan fingerprint density at radius 3 is 2.74 bits per heavy atom. The van der Waals surface area contributed by atoms with Crippen LogP contribution < -0.4 is 5.32 Å². The van der Waals surface area contributed by atoms with Gasteiger partial charge in [0.2, 0.25) is 5.91 Å². The number of hydrogen-bond donors (Lipinski definition) is 1. The highest BCUT2D eigenvalue weighted by Gasteiger charge is 2.50. The molecule has 31 heavy (non-hydrogen) atoms. The summed E-state index contributed by atoms with van der Waals surface area (Å²) in [6.45, 7) is 12.5. The van der Waals surface area contributed by atoms with Gasteiger partial charge < -0.3 is 15.0 Å². The molecule has 0 aromatic heterocycles. The Kier molecular flexibility index (Phi) is 6.41. The van der Waals surface area contributed by atoms with E-state index in [4.69, 9.17) is 4.74 Å². The second-order valence-corrected chi connectivity index (χ2v) is 10.1. The first-order chi connectivity index (χ1) is 14.9. The van der Waals surface area contributed by atoms with Crippen molar-refractivity contribution >= 4 is 5.91 Å². The second-order valence-electron chi connectivity index (χ2n) is 10.1. The van der Waals surface area contributed by atoms with Crippen molar-refractivity contribution in [3.05, 3.63) is 59.8 Å². The molecule has 0 spiro atoms. The highest BCUT2D eigenvalue weighted by molar-refractivity contribution is 5.81. The quantitative estimate of drug-likeness (QED) is 0.729. The summed E-state index contributed by atoms with van der Waals surface area (Å²) in [5.74, 6) is 0.585. The molecule has 4 rings (SSSR count). The number of allylic oxidation sites excluding steroid dienone is 9. The highest BCUT2D eigenvalue weighted by Crippen LogP contribution is 2.49. The van der Waals surface area contributed by atoms with Crippen molar-refractivity contribution in [1.82, 2.24) is 10.2 Å². The van der Waals surface area contributed by atoms with Gasteiger partial charge in [-0.25, -0.2) is 0 Å². The molecule has 1 amide bonds. The van der Waals surface area contributed by atoms with Gasteiger partial charge in [0.1, 0.15) is 0 Å². The number of carbonyl (C=O) groups excluding carboxylic acids is 1. The second kappa shape index (κ2) is 8.91. The van der Waals surface area contributed by atoms with Crippen LogP contribution in [0.2, 0.25) is 0 Å². The fourth-order valence-electron chi connectivity index (χ4n) is 6.09. The van der Waals surface area contributed by atoms with Crippen molar-refractivity contribution < 1.29 is 9.53 Å². The van der Waals surface area contributed by atoms with E-state index in [9.17, 15) is 4.79 Å². The average Bonchev–Trinajstić information content (AvgIpc) is 3.30. The van der Waals surface area contributed by atoms with Crippen LogP contribution in [0.1, 0.15) is 40.5 Å². The number of morpholine rings is 1. The molecular formula is C27H38N2O2. The number of nitrogens with zero attached hydrogens (tertiary/aromatic N) is 1. The van der Waals surface area contributed by atoms with Crippen LogP contribution in [0, 0.1) is 22.7 Å². The molecule has 2 aliphatic carbocycles. The normalized spacial score (nSPS) is 38.5. The molecule has 0 aromatic carbocycles. The van der Waals surface area contributed by atoms with Crippen molar-refractivity contribution in [3.8, 4) is 0 Å². The molecule has 168 valence electrons. The summed E-state index contributed by atoms with van der Waals surface area (Å²) in [7, 11) is 0. The Balaban J connectivity index is 1.61. The molecule has 4 nitrogen and oxygen atoms in total. The van der Waals surface area contributed by atoms with Crippen LogP contribution in [0.4, 0.5) is 0 Å². The van der Waals surface area contributed by atoms with E-state index >= 15 is 0 Å². The Labute approximate surface area is 187 Å². The lowest BCUT2D eigenvalue weighted by atomic mass is 9.62. The van der Waals surface area contributed by atoms with Crippen LogP contribution in [-0.4, -0.2) is 49.7 Å². The van der Waals surface area contributed by atoms with Crippen LogP contribution in [-0.2, 0) is 9.53 Å². The number of rotatable bonds is 4. The summed E-state index contributed by atoms with van der Waals surface area (Å²) in [5.41, 5.74) is 2.60. The van der Waals surface area contributed by atoms with E-state index in [0.29, 0.717) is 25.7 Å². The molecule has 2 heterocycles. The molecule has 0 bridgehead atoms. The largest absolute Gasteiger partial charge is 0.377 e. The molecule has 2 unspecified atom stereocenters. The van der Waals surface area contributed by atoms with Crippen molar-refractivity contribution in [2.75, 3.05) is 32.8 Å². The Morgan fingerprint density at radius 2 is 2.00 bits per heavy atom. The van der Waals surface area contributed by atoms with E-state index in [1.165, 1.54) is 11.1 Å². The summed E-state index contributed by atoms with van der Waals surface area (Å²) < 4.78 is 5.88. The van der Waals surface area contributed by atoms with Gasteiger partial charge in [0, 0.05) is 23.9 Å². The highest BCUT2D eigenvalue weighted by atomic mass is 16.5. The first-order valence-electron chi connectivity index (χ1n) is 11.8. The van der Waals surface area contributed by atoms with Crippen LogP contribution in [0.3, 0.4) is 0 Å². The Hall–Kier alpha value is -1.91. The van der Waals surface area contributed by atoms with Crippen LogP contribution in [0.5, 0.6) is 0 Å². The molecule has 2 aliphatic heterocycles. The van der Waals surface area contributed by atoms with E-state index in [-0.39, 0.29) is 28.7 Å². The van der Waals surface area contributed by atoms with Crippen molar-refractivity contribution in [3.63, 3.8) is 0 Å². The van der Waals surface area contributed by atoms with E-state index in [1.54, 1.807) is 0 Å². The number of ether oxygens (including phenoxy) is 1. The van der Waals surface area contributed by atoms with Crippen molar-refractivity contribution in [2.24, 2.45) is 22.7 Å². The van der Waals surface area contributed by atoms with Gasteiger partial charge >= 0.3 is 0 Å². The van der Waals surface area contributed by atoms with Gasteiger partial charge in [-0.1, -0.05) is 68.0 Å². The lowest BCUT2D eigenvalue weighted by Gasteiger charge is -2.48. The monoisotopic (exact) mass is 422 g/mol. The lowest BCUT2D eigenvalue weighted by molar-refractivity contribution is -0.150. The topological polar surface area (TPSA) is 41.6 Å². The average molecular weight is 423 g/mol. The van der Waals surface area contributed by atoms with Crippen molar-refractivity contribution in [1.29, 1.82) is 0 Å². The minimum atomic E-state index is -0.0730. The zero-order valence-electron chi connectivity index (χ0n) is 19.6. The number of hydrogen-bond acceptors (Lipinski definition) is 3. The third-order valence-corrected chi connectivity index (χ3v) is 8.22. The molecule has 4 aliphatic rings. The smallest absolute Gasteiger partial charge is 0.227 e. The predicted octanol–water partition coefficient (Wildman–Crippen LogP) is 4.43. The molecule has 0 aromatic rings.